The largest absolute Gasteiger partial charge is 0.479 e. The summed E-state index contributed by atoms with van der Waals surface area (Å²) in [4.78, 5) is 14.7. The Morgan fingerprint density at radius 2 is 1.29 bits per heavy atom. The lowest BCUT2D eigenvalue weighted by atomic mass is 9.85. The topological polar surface area (TPSA) is 64.8 Å². The highest BCUT2D eigenvalue weighted by molar-refractivity contribution is 6.08. The third-order valence-electron chi connectivity index (χ3n) is 6.04. The molecule has 0 bridgehead atoms. The molecule has 3 aliphatic heterocycles. The summed E-state index contributed by atoms with van der Waals surface area (Å²) in [7, 11) is 0. The van der Waals surface area contributed by atoms with Crippen molar-refractivity contribution in [2.75, 3.05) is 19.8 Å². The summed E-state index contributed by atoms with van der Waals surface area (Å²) < 4.78 is 18.2. The van der Waals surface area contributed by atoms with Gasteiger partial charge < -0.3 is 14.2 Å². The van der Waals surface area contributed by atoms with Crippen LogP contribution in [-0.4, -0.2) is 55.6 Å². The zero-order valence-electron chi connectivity index (χ0n) is 18.8. The SMILES string of the molecule is CC(C)[C@H]1COC(C(C)(CC2=N[C@@H](C(C)(C)C)CO2)C2=N[C@@H](C(C)C)CO2)=N1. The van der Waals surface area contributed by atoms with Crippen LogP contribution >= 0.6 is 0 Å². The summed E-state index contributed by atoms with van der Waals surface area (Å²) >= 11 is 0. The van der Waals surface area contributed by atoms with Crippen molar-refractivity contribution in [2.24, 2.45) is 37.6 Å². The van der Waals surface area contributed by atoms with Crippen molar-refractivity contribution in [3.8, 4) is 0 Å². The predicted molar refractivity (Wildman–Crippen MR) is 113 cm³/mol. The van der Waals surface area contributed by atoms with E-state index in [1.807, 2.05) is 0 Å². The van der Waals surface area contributed by atoms with E-state index in [1.165, 1.54) is 0 Å². The van der Waals surface area contributed by atoms with Crippen molar-refractivity contribution in [1.82, 2.24) is 0 Å². The number of nitrogens with zero attached hydrogens (tertiary/aromatic N) is 3. The van der Waals surface area contributed by atoms with Crippen LogP contribution in [0.1, 0.15) is 61.8 Å². The Kier molecular flexibility index (Phi) is 5.79. The molecule has 0 aromatic carbocycles. The van der Waals surface area contributed by atoms with Crippen LogP contribution < -0.4 is 0 Å². The molecule has 0 aromatic rings. The summed E-state index contributed by atoms with van der Waals surface area (Å²) in [6.45, 7) is 19.2. The molecule has 3 rings (SSSR count). The molecule has 0 aromatic heterocycles. The van der Waals surface area contributed by atoms with Crippen LogP contribution in [0.25, 0.3) is 0 Å². The van der Waals surface area contributed by atoms with Crippen LogP contribution in [0, 0.1) is 22.7 Å². The number of rotatable bonds is 6. The maximum atomic E-state index is 6.08. The molecular formula is C22H37N3O3. The molecule has 0 radical (unpaired) electrons. The first kappa shape index (κ1) is 21.1. The molecule has 158 valence electrons. The molecule has 0 fully saturated rings. The lowest BCUT2D eigenvalue weighted by Crippen LogP contribution is -2.39. The third-order valence-corrected chi connectivity index (χ3v) is 6.04. The first-order valence-corrected chi connectivity index (χ1v) is 10.6. The van der Waals surface area contributed by atoms with Crippen molar-refractivity contribution in [3.63, 3.8) is 0 Å². The summed E-state index contributed by atoms with van der Waals surface area (Å²) in [5, 5.41) is 0. The van der Waals surface area contributed by atoms with Crippen molar-refractivity contribution in [3.05, 3.63) is 0 Å². The molecule has 0 amide bonds. The molecule has 28 heavy (non-hydrogen) atoms. The van der Waals surface area contributed by atoms with E-state index < -0.39 is 5.41 Å². The Bertz CT molecular complexity index is 639. The van der Waals surface area contributed by atoms with E-state index in [2.05, 4.69) is 55.4 Å². The van der Waals surface area contributed by atoms with Crippen LogP contribution in [0.3, 0.4) is 0 Å². The van der Waals surface area contributed by atoms with Gasteiger partial charge in [0.15, 0.2) is 17.7 Å². The van der Waals surface area contributed by atoms with E-state index in [1.54, 1.807) is 0 Å². The zero-order chi connectivity index (χ0) is 20.7. The number of hydrogen-bond acceptors (Lipinski definition) is 6. The molecule has 0 spiro atoms. The van der Waals surface area contributed by atoms with Gasteiger partial charge in [-0.3, -0.25) is 0 Å². The van der Waals surface area contributed by atoms with Gasteiger partial charge >= 0.3 is 0 Å². The van der Waals surface area contributed by atoms with E-state index in [4.69, 9.17) is 29.2 Å². The summed E-state index contributed by atoms with van der Waals surface area (Å²) in [5.74, 6) is 3.03. The van der Waals surface area contributed by atoms with Gasteiger partial charge in [-0.05, 0) is 24.2 Å². The Morgan fingerprint density at radius 1 is 0.786 bits per heavy atom. The fraction of sp³-hybridized carbons (Fsp3) is 0.864. The van der Waals surface area contributed by atoms with Crippen LogP contribution in [-0.2, 0) is 14.2 Å². The minimum Gasteiger partial charge on any atom is -0.479 e. The molecule has 6 heteroatoms. The van der Waals surface area contributed by atoms with E-state index >= 15 is 0 Å². The first-order chi connectivity index (χ1) is 13.0. The second kappa shape index (κ2) is 7.68. The molecule has 6 nitrogen and oxygen atoms in total. The van der Waals surface area contributed by atoms with Gasteiger partial charge in [0.25, 0.3) is 0 Å². The van der Waals surface area contributed by atoms with Gasteiger partial charge in [0.05, 0.1) is 18.1 Å². The van der Waals surface area contributed by atoms with Crippen LogP contribution in [0.4, 0.5) is 0 Å². The fourth-order valence-electron chi connectivity index (χ4n) is 3.57. The molecule has 0 aliphatic carbocycles. The van der Waals surface area contributed by atoms with Crippen LogP contribution in [0.5, 0.6) is 0 Å². The van der Waals surface area contributed by atoms with Gasteiger partial charge in [0, 0.05) is 6.42 Å². The Hall–Kier alpha value is -1.59. The van der Waals surface area contributed by atoms with E-state index in [0.717, 1.165) is 5.90 Å². The Balaban J connectivity index is 1.90. The second-order valence-corrected chi connectivity index (χ2v) is 10.3. The van der Waals surface area contributed by atoms with Crippen molar-refractivity contribution in [1.29, 1.82) is 0 Å². The maximum Gasteiger partial charge on any atom is 0.199 e. The minimum atomic E-state index is -0.584. The number of ether oxygens (including phenoxy) is 3. The van der Waals surface area contributed by atoms with E-state index in [9.17, 15) is 0 Å². The molecule has 3 heterocycles. The van der Waals surface area contributed by atoms with Crippen LogP contribution in [0.2, 0.25) is 0 Å². The number of aliphatic imine (C=N–C) groups is 3. The first-order valence-electron chi connectivity index (χ1n) is 10.6. The second-order valence-electron chi connectivity index (χ2n) is 10.3. The Morgan fingerprint density at radius 3 is 1.64 bits per heavy atom. The minimum absolute atomic E-state index is 0.0758. The number of hydrogen-bond donors (Lipinski definition) is 0. The molecule has 0 saturated carbocycles. The summed E-state index contributed by atoms with van der Waals surface area (Å²) in [6, 6.07) is 0.508. The molecule has 0 N–H and O–H groups in total. The highest BCUT2D eigenvalue weighted by atomic mass is 16.5. The quantitative estimate of drug-likeness (QED) is 0.684. The van der Waals surface area contributed by atoms with Gasteiger partial charge in [-0.1, -0.05) is 48.5 Å². The lowest BCUT2D eigenvalue weighted by molar-refractivity contribution is 0.224. The van der Waals surface area contributed by atoms with Gasteiger partial charge in [-0.15, -0.1) is 0 Å². The molecule has 3 atom stereocenters. The molecule has 3 aliphatic rings. The molecule has 0 saturated heterocycles. The Labute approximate surface area is 169 Å². The highest BCUT2D eigenvalue weighted by Crippen LogP contribution is 2.37. The molecule has 0 unspecified atom stereocenters. The monoisotopic (exact) mass is 391 g/mol. The molecular weight excluding hydrogens is 354 g/mol. The lowest BCUT2D eigenvalue weighted by Gasteiger charge is -2.27. The summed E-state index contributed by atoms with van der Waals surface area (Å²) in [6.07, 6.45) is 0.562. The van der Waals surface area contributed by atoms with Gasteiger partial charge in [-0.2, -0.15) is 0 Å². The summed E-state index contributed by atoms with van der Waals surface area (Å²) in [5.41, 5.74) is -0.509. The van der Waals surface area contributed by atoms with Gasteiger partial charge in [0.1, 0.15) is 25.2 Å². The third kappa shape index (κ3) is 4.20. The normalized spacial score (nSPS) is 28.1. The fourth-order valence-corrected chi connectivity index (χ4v) is 3.57. The van der Waals surface area contributed by atoms with Crippen molar-refractivity contribution in [2.45, 2.75) is 79.9 Å². The van der Waals surface area contributed by atoms with Crippen molar-refractivity contribution >= 4 is 17.7 Å². The van der Waals surface area contributed by atoms with E-state index in [0.29, 0.717) is 49.9 Å². The van der Waals surface area contributed by atoms with Gasteiger partial charge in [-0.25, -0.2) is 15.0 Å². The van der Waals surface area contributed by atoms with Crippen LogP contribution in [0.15, 0.2) is 15.0 Å². The standard InChI is InChI=1S/C22H37N3O3/c1-13(2)15-10-27-19(23-15)22(8,20-24-16(11-28-20)14(3)4)9-18-25-17(12-26-18)21(5,6)7/h13-17H,9-12H2,1-8H3/t15-,16-,17-/m1/s1. The van der Waals surface area contributed by atoms with E-state index in [-0.39, 0.29) is 23.5 Å². The van der Waals surface area contributed by atoms with Gasteiger partial charge in [0.2, 0.25) is 0 Å². The van der Waals surface area contributed by atoms with Crippen molar-refractivity contribution < 1.29 is 14.2 Å². The maximum absolute atomic E-state index is 6.08. The average molecular weight is 392 g/mol. The average Bonchev–Trinajstić information content (AvgIpc) is 3.33. The zero-order valence-corrected chi connectivity index (χ0v) is 18.8. The smallest absolute Gasteiger partial charge is 0.199 e. The predicted octanol–water partition coefficient (Wildman–Crippen LogP) is 4.13. The highest BCUT2D eigenvalue weighted by Gasteiger charge is 2.48.